The van der Waals surface area contributed by atoms with Crippen LogP contribution in [0.4, 0.5) is 23.7 Å². The Morgan fingerprint density at radius 2 is 1.89 bits per heavy atom. The molecule has 0 bridgehead atoms. The lowest BCUT2D eigenvalue weighted by Crippen LogP contribution is -2.40. The first-order valence-electron chi connectivity index (χ1n) is 8.41. The fraction of sp³-hybridized carbons (Fsp3) is 0.333. The first kappa shape index (κ1) is 19.4. The Balaban J connectivity index is 1.91. The number of nitriles is 1. The molecule has 3 rings (SSSR count). The normalized spacial score (nSPS) is 15.3. The van der Waals surface area contributed by atoms with E-state index in [9.17, 15) is 28.0 Å². The van der Waals surface area contributed by atoms with Crippen molar-refractivity contribution < 1.29 is 23.1 Å². The maximum atomic E-state index is 13.5. The van der Waals surface area contributed by atoms with Gasteiger partial charge in [0.2, 0.25) is 0 Å². The molecule has 10 heteroatoms. The number of benzene rings is 1. The number of piperidine rings is 1. The molecular weight excluding hydrogens is 377 g/mol. The Bertz CT molecular complexity index is 1000. The molecule has 1 aromatic carbocycles. The Labute approximate surface area is 157 Å². The molecule has 1 aliphatic rings. The van der Waals surface area contributed by atoms with Gasteiger partial charge >= 0.3 is 12.3 Å². The molecular formula is C18H15F3N4O3. The zero-order valence-electron chi connectivity index (χ0n) is 14.5. The van der Waals surface area contributed by atoms with E-state index in [0.717, 1.165) is 11.8 Å². The summed E-state index contributed by atoms with van der Waals surface area (Å²) in [4.78, 5) is 24.4. The highest BCUT2D eigenvalue weighted by Gasteiger charge is 2.40. The van der Waals surface area contributed by atoms with E-state index in [1.54, 1.807) is 18.2 Å². The first-order chi connectivity index (χ1) is 13.2. The quantitative estimate of drug-likeness (QED) is 0.843. The van der Waals surface area contributed by atoms with Crippen LogP contribution in [-0.2, 0) is 6.18 Å². The van der Waals surface area contributed by atoms with E-state index in [0.29, 0.717) is 18.4 Å². The number of hydrogen-bond acceptors (Lipinski definition) is 5. The summed E-state index contributed by atoms with van der Waals surface area (Å²) in [5.41, 5.74) is -2.31. The Kier molecular flexibility index (Phi) is 5.09. The van der Waals surface area contributed by atoms with Crippen molar-refractivity contribution in [3.05, 3.63) is 57.5 Å². The summed E-state index contributed by atoms with van der Waals surface area (Å²) in [7, 11) is 0. The van der Waals surface area contributed by atoms with Crippen LogP contribution in [0.5, 0.6) is 0 Å². The average molecular weight is 392 g/mol. The molecule has 0 unspecified atom stereocenters. The number of nitrogens with zero attached hydrogens (tertiary/aromatic N) is 4. The average Bonchev–Trinajstić information content (AvgIpc) is 2.66. The molecule has 28 heavy (non-hydrogen) atoms. The number of carboxylic acid groups (broad SMARTS) is 1. The number of carbonyl (C=O) groups is 1. The van der Waals surface area contributed by atoms with Gasteiger partial charge in [0, 0.05) is 13.1 Å². The number of alkyl halides is 3. The zero-order valence-corrected chi connectivity index (χ0v) is 14.5. The summed E-state index contributed by atoms with van der Waals surface area (Å²) < 4.78 is 40.1. The molecule has 1 saturated heterocycles. The van der Waals surface area contributed by atoms with Crippen molar-refractivity contribution in [1.82, 2.24) is 9.78 Å². The lowest BCUT2D eigenvalue weighted by atomic mass is 9.86. The summed E-state index contributed by atoms with van der Waals surface area (Å²) in [6.45, 7) is 0.428. The SMILES string of the molecule is N#Cc1ccccc1C1CCN(c2cnn(C(=O)O)c(=O)c2C(F)(F)F)CC1. The van der Waals surface area contributed by atoms with E-state index in [1.165, 1.54) is 4.90 Å². The molecule has 1 aromatic heterocycles. The minimum absolute atomic E-state index is 0.00813. The van der Waals surface area contributed by atoms with E-state index in [2.05, 4.69) is 11.2 Å². The van der Waals surface area contributed by atoms with Gasteiger partial charge in [-0.05, 0) is 30.4 Å². The molecule has 1 aliphatic heterocycles. The first-order valence-corrected chi connectivity index (χ1v) is 8.41. The van der Waals surface area contributed by atoms with E-state index in [4.69, 9.17) is 5.11 Å². The van der Waals surface area contributed by atoms with Crippen LogP contribution in [0.15, 0.2) is 35.3 Å². The maximum absolute atomic E-state index is 13.5. The highest BCUT2D eigenvalue weighted by atomic mass is 19.4. The number of anilines is 1. The Hall–Kier alpha value is -3.35. The number of aromatic nitrogens is 2. The van der Waals surface area contributed by atoms with Gasteiger partial charge in [-0.2, -0.15) is 23.5 Å². The van der Waals surface area contributed by atoms with Crippen molar-refractivity contribution >= 4 is 11.8 Å². The van der Waals surface area contributed by atoms with Crippen LogP contribution in [-0.4, -0.2) is 34.1 Å². The van der Waals surface area contributed by atoms with E-state index < -0.39 is 29.1 Å². The summed E-state index contributed by atoms with van der Waals surface area (Å²) in [6, 6.07) is 9.19. The molecule has 2 heterocycles. The van der Waals surface area contributed by atoms with Crippen molar-refractivity contribution in [2.75, 3.05) is 18.0 Å². The van der Waals surface area contributed by atoms with Crippen LogP contribution in [0.1, 0.15) is 35.4 Å². The topological polar surface area (TPSA) is 99.2 Å². The van der Waals surface area contributed by atoms with E-state index in [1.807, 2.05) is 6.07 Å². The molecule has 146 valence electrons. The lowest BCUT2D eigenvalue weighted by molar-refractivity contribution is -0.138. The molecule has 1 N–H and O–H groups in total. The third-order valence-electron chi connectivity index (χ3n) is 4.78. The van der Waals surface area contributed by atoms with E-state index >= 15 is 0 Å². The van der Waals surface area contributed by atoms with Crippen LogP contribution >= 0.6 is 0 Å². The maximum Gasteiger partial charge on any atom is 0.435 e. The van der Waals surface area contributed by atoms with Crippen molar-refractivity contribution in [2.24, 2.45) is 0 Å². The van der Waals surface area contributed by atoms with Gasteiger partial charge in [-0.3, -0.25) is 4.79 Å². The number of rotatable bonds is 2. The molecule has 0 radical (unpaired) electrons. The molecule has 1 fully saturated rings. The molecule has 0 amide bonds. The van der Waals surface area contributed by atoms with Gasteiger partial charge in [0.05, 0.1) is 23.5 Å². The van der Waals surface area contributed by atoms with Crippen LogP contribution in [0.3, 0.4) is 0 Å². The molecule has 0 saturated carbocycles. The standard InChI is InChI=1S/C18H15F3N4O3/c19-18(20,21)15-14(10-23-25(16(15)26)17(27)28)24-7-5-11(6-8-24)13-4-2-1-3-12(13)9-22/h1-4,10-11H,5-8H2,(H,27,28). The van der Waals surface area contributed by atoms with Gasteiger partial charge in [0.1, 0.15) is 5.56 Å². The second kappa shape index (κ2) is 7.34. The summed E-state index contributed by atoms with van der Waals surface area (Å²) in [5, 5.41) is 21.4. The van der Waals surface area contributed by atoms with Crippen LogP contribution in [0.2, 0.25) is 0 Å². The van der Waals surface area contributed by atoms with Crippen molar-refractivity contribution in [3.8, 4) is 6.07 Å². The smallest absolute Gasteiger partial charge is 0.435 e. The largest absolute Gasteiger partial charge is 0.463 e. The highest BCUT2D eigenvalue weighted by Crippen LogP contribution is 2.37. The monoisotopic (exact) mass is 392 g/mol. The number of hydrogen-bond donors (Lipinski definition) is 1. The molecule has 2 aromatic rings. The van der Waals surface area contributed by atoms with Gasteiger partial charge in [0.15, 0.2) is 0 Å². The Morgan fingerprint density at radius 3 is 2.46 bits per heavy atom. The van der Waals surface area contributed by atoms with Gasteiger partial charge < -0.3 is 10.0 Å². The second-order valence-corrected chi connectivity index (χ2v) is 6.36. The number of halogens is 3. The third-order valence-corrected chi connectivity index (χ3v) is 4.78. The third kappa shape index (κ3) is 3.55. The van der Waals surface area contributed by atoms with Crippen LogP contribution in [0, 0.1) is 11.3 Å². The minimum Gasteiger partial charge on any atom is -0.463 e. The highest BCUT2D eigenvalue weighted by molar-refractivity contribution is 5.68. The molecule has 0 atom stereocenters. The summed E-state index contributed by atoms with van der Waals surface area (Å²) in [5.74, 6) is 0.00813. The zero-order chi connectivity index (χ0) is 20.5. The fourth-order valence-corrected chi connectivity index (χ4v) is 3.47. The van der Waals surface area contributed by atoms with Gasteiger partial charge in [-0.25, -0.2) is 4.79 Å². The summed E-state index contributed by atoms with van der Waals surface area (Å²) >= 11 is 0. The van der Waals surface area contributed by atoms with Crippen molar-refractivity contribution in [3.63, 3.8) is 0 Å². The van der Waals surface area contributed by atoms with E-state index in [-0.39, 0.29) is 23.7 Å². The van der Waals surface area contributed by atoms with Crippen molar-refractivity contribution in [1.29, 1.82) is 5.26 Å². The molecule has 0 spiro atoms. The predicted molar refractivity (Wildman–Crippen MR) is 92.3 cm³/mol. The lowest BCUT2D eigenvalue weighted by Gasteiger charge is -2.35. The van der Waals surface area contributed by atoms with Gasteiger partial charge in [-0.1, -0.05) is 18.2 Å². The van der Waals surface area contributed by atoms with Gasteiger partial charge in [0.25, 0.3) is 5.56 Å². The van der Waals surface area contributed by atoms with Crippen molar-refractivity contribution in [2.45, 2.75) is 24.9 Å². The Morgan fingerprint density at radius 1 is 1.25 bits per heavy atom. The fourth-order valence-electron chi connectivity index (χ4n) is 3.47. The minimum atomic E-state index is -5.02. The molecule has 0 aliphatic carbocycles. The van der Waals surface area contributed by atoms with Gasteiger partial charge in [-0.15, -0.1) is 4.68 Å². The van der Waals surface area contributed by atoms with Crippen LogP contribution in [0.25, 0.3) is 0 Å². The summed E-state index contributed by atoms with van der Waals surface area (Å²) in [6.07, 6.45) is -5.16. The van der Waals surface area contributed by atoms with Crippen LogP contribution < -0.4 is 10.5 Å². The predicted octanol–water partition coefficient (Wildman–Crippen LogP) is 3.04. The molecule has 7 nitrogen and oxygen atoms in total. The second-order valence-electron chi connectivity index (χ2n) is 6.36.